The van der Waals surface area contributed by atoms with E-state index in [4.69, 9.17) is 11.6 Å². The normalized spacial score (nSPS) is 12.7. The number of aliphatic hydroxyl groups excluding tert-OH is 1. The van der Waals surface area contributed by atoms with Gasteiger partial charge in [0.05, 0.1) is 16.9 Å². The molecule has 4 nitrogen and oxygen atoms in total. The van der Waals surface area contributed by atoms with Crippen molar-refractivity contribution < 1.29 is 5.11 Å². The van der Waals surface area contributed by atoms with Gasteiger partial charge in [0.15, 0.2) is 0 Å². The second kappa shape index (κ2) is 4.85. The van der Waals surface area contributed by atoms with Crippen molar-refractivity contribution in [2.75, 3.05) is 0 Å². The van der Waals surface area contributed by atoms with E-state index >= 15 is 0 Å². The zero-order chi connectivity index (χ0) is 12.4. The van der Waals surface area contributed by atoms with Crippen LogP contribution < -0.4 is 0 Å². The molecule has 1 atom stereocenters. The summed E-state index contributed by atoms with van der Waals surface area (Å²) in [4.78, 5) is 4.10. The molecule has 0 saturated heterocycles. The van der Waals surface area contributed by atoms with Crippen LogP contribution in [-0.2, 0) is 6.54 Å². The first-order chi connectivity index (χ1) is 8.13. The van der Waals surface area contributed by atoms with Gasteiger partial charge in [-0.3, -0.25) is 9.67 Å². The predicted octanol–water partition coefficient (Wildman–Crippen LogP) is 2.34. The molecule has 2 aromatic heterocycles. The molecule has 5 heteroatoms. The third-order valence-corrected chi connectivity index (χ3v) is 2.92. The van der Waals surface area contributed by atoms with E-state index in [1.165, 1.54) is 0 Å². The highest BCUT2D eigenvalue weighted by Crippen LogP contribution is 2.28. The van der Waals surface area contributed by atoms with Gasteiger partial charge in [-0.05, 0) is 31.5 Å². The number of halogens is 1. The molecule has 0 aliphatic carbocycles. The molecular formula is C12H14ClN3O. The molecule has 2 aromatic rings. The average molecular weight is 252 g/mol. The fourth-order valence-corrected chi connectivity index (χ4v) is 2.04. The Morgan fingerprint density at radius 3 is 2.94 bits per heavy atom. The first-order valence-electron chi connectivity index (χ1n) is 5.45. The van der Waals surface area contributed by atoms with Crippen molar-refractivity contribution in [2.24, 2.45) is 0 Å². The molecule has 0 aliphatic heterocycles. The number of aliphatic hydroxyl groups is 1. The van der Waals surface area contributed by atoms with E-state index in [-0.39, 0.29) is 0 Å². The Bertz CT molecular complexity index is 524. The first-order valence-corrected chi connectivity index (χ1v) is 5.83. The summed E-state index contributed by atoms with van der Waals surface area (Å²) in [6.45, 7) is 4.51. The molecule has 90 valence electrons. The summed E-state index contributed by atoms with van der Waals surface area (Å²) in [5.74, 6) is 0. The molecule has 0 aromatic carbocycles. The van der Waals surface area contributed by atoms with E-state index in [0.29, 0.717) is 17.3 Å². The fourth-order valence-electron chi connectivity index (χ4n) is 1.79. The molecule has 0 bridgehead atoms. The van der Waals surface area contributed by atoms with Gasteiger partial charge in [-0.2, -0.15) is 5.10 Å². The van der Waals surface area contributed by atoms with Gasteiger partial charge in [0.2, 0.25) is 0 Å². The number of nitrogens with zero attached hydrogens (tertiary/aromatic N) is 3. The van der Waals surface area contributed by atoms with E-state index in [9.17, 15) is 5.11 Å². The van der Waals surface area contributed by atoms with E-state index < -0.39 is 6.10 Å². The van der Waals surface area contributed by atoms with Crippen LogP contribution in [-0.4, -0.2) is 19.9 Å². The van der Waals surface area contributed by atoms with Gasteiger partial charge in [0.1, 0.15) is 6.10 Å². The average Bonchev–Trinajstić information content (AvgIpc) is 2.69. The highest BCUT2D eigenvalue weighted by atomic mass is 35.5. The van der Waals surface area contributed by atoms with Crippen LogP contribution in [0.4, 0.5) is 0 Å². The van der Waals surface area contributed by atoms with Crippen molar-refractivity contribution in [1.29, 1.82) is 0 Å². The molecule has 1 unspecified atom stereocenters. The van der Waals surface area contributed by atoms with Crippen LogP contribution >= 0.6 is 11.6 Å². The fraction of sp³-hybridized carbons (Fsp3) is 0.333. The van der Waals surface area contributed by atoms with Gasteiger partial charge in [0, 0.05) is 18.4 Å². The topological polar surface area (TPSA) is 50.9 Å². The second-order valence-corrected chi connectivity index (χ2v) is 4.23. The minimum atomic E-state index is -0.772. The predicted molar refractivity (Wildman–Crippen MR) is 65.9 cm³/mol. The molecule has 17 heavy (non-hydrogen) atoms. The van der Waals surface area contributed by atoms with Crippen molar-refractivity contribution >= 4 is 11.6 Å². The molecule has 0 saturated carbocycles. The van der Waals surface area contributed by atoms with E-state index in [1.54, 1.807) is 23.1 Å². The Balaban J connectivity index is 2.43. The van der Waals surface area contributed by atoms with Gasteiger partial charge in [0.25, 0.3) is 0 Å². The molecule has 2 heterocycles. The van der Waals surface area contributed by atoms with Crippen LogP contribution in [0.2, 0.25) is 5.02 Å². The Kier molecular flexibility index (Phi) is 3.45. The first kappa shape index (κ1) is 12.1. The molecule has 1 N–H and O–H groups in total. The van der Waals surface area contributed by atoms with Crippen molar-refractivity contribution in [3.05, 3.63) is 46.5 Å². The standard InChI is InChI=1S/C12H14ClN3O/c1-3-16-11(10(13)7-15-16)12(17)9-4-5-14-8(2)6-9/h4-7,12,17H,3H2,1-2H3. The Morgan fingerprint density at radius 2 is 2.29 bits per heavy atom. The Morgan fingerprint density at radius 1 is 1.53 bits per heavy atom. The quantitative estimate of drug-likeness (QED) is 0.911. The van der Waals surface area contributed by atoms with Crippen molar-refractivity contribution in [2.45, 2.75) is 26.5 Å². The van der Waals surface area contributed by atoms with Crippen LogP contribution in [0.1, 0.15) is 30.0 Å². The summed E-state index contributed by atoms with van der Waals surface area (Å²) in [6.07, 6.45) is 2.46. The van der Waals surface area contributed by atoms with Crippen LogP contribution in [0.15, 0.2) is 24.5 Å². The van der Waals surface area contributed by atoms with Crippen molar-refractivity contribution in [1.82, 2.24) is 14.8 Å². The van der Waals surface area contributed by atoms with Crippen LogP contribution in [0, 0.1) is 6.92 Å². The lowest BCUT2D eigenvalue weighted by Gasteiger charge is -2.13. The Hall–Kier alpha value is -1.39. The highest BCUT2D eigenvalue weighted by Gasteiger charge is 2.19. The van der Waals surface area contributed by atoms with Crippen LogP contribution in [0.25, 0.3) is 0 Å². The summed E-state index contributed by atoms with van der Waals surface area (Å²) in [7, 11) is 0. The number of pyridine rings is 1. The summed E-state index contributed by atoms with van der Waals surface area (Å²) in [5, 5.41) is 14.9. The molecule has 0 spiro atoms. The largest absolute Gasteiger partial charge is 0.382 e. The third kappa shape index (κ3) is 2.33. The monoisotopic (exact) mass is 251 g/mol. The minimum Gasteiger partial charge on any atom is -0.382 e. The third-order valence-electron chi connectivity index (χ3n) is 2.63. The maximum Gasteiger partial charge on any atom is 0.122 e. The van der Waals surface area contributed by atoms with Crippen LogP contribution in [0.3, 0.4) is 0 Å². The van der Waals surface area contributed by atoms with Gasteiger partial charge >= 0.3 is 0 Å². The van der Waals surface area contributed by atoms with Gasteiger partial charge in [-0.15, -0.1) is 0 Å². The lowest BCUT2D eigenvalue weighted by Crippen LogP contribution is -2.09. The molecule has 0 radical (unpaired) electrons. The van der Waals surface area contributed by atoms with Gasteiger partial charge in [-0.1, -0.05) is 11.6 Å². The Labute approximate surface area is 105 Å². The lowest BCUT2D eigenvalue weighted by molar-refractivity contribution is 0.208. The summed E-state index contributed by atoms with van der Waals surface area (Å²) in [6, 6.07) is 3.62. The molecular weight excluding hydrogens is 238 g/mol. The maximum atomic E-state index is 10.3. The lowest BCUT2D eigenvalue weighted by atomic mass is 10.1. The minimum absolute atomic E-state index is 0.480. The van der Waals surface area contributed by atoms with E-state index in [1.807, 2.05) is 19.9 Å². The van der Waals surface area contributed by atoms with Crippen molar-refractivity contribution in [3.8, 4) is 0 Å². The number of rotatable bonds is 3. The summed E-state index contributed by atoms with van der Waals surface area (Å²) < 4.78 is 1.70. The number of hydrogen-bond acceptors (Lipinski definition) is 3. The molecule has 0 fully saturated rings. The van der Waals surface area contributed by atoms with Crippen LogP contribution in [0.5, 0.6) is 0 Å². The van der Waals surface area contributed by atoms with Gasteiger partial charge < -0.3 is 5.11 Å². The molecule has 0 amide bonds. The molecule has 2 rings (SSSR count). The number of aryl methyl sites for hydroxylation is 2. The smallest absolute Gasteiger partial charge is 0.122 e. The SMILES string of the molecule is CCn1ncc(Cl)c1C(O)c1ccnc(C)c1. The highest BCUT2D eigenvalue weighted by molar-refractivity contribution is 6.31. The summed E-state index contributed by atoms with van der Waals surface area (Å²) in [5.41, 5.74) is 2.26. The number of aromatic nitrogens is 3. The van der Waals surface area contributed by atoms with E-state index in [2.05, 4.69) is 10.1 Å². The maximum absolute atomic E-state index is 10.3. The van der Waals surface area contributed by atoms with Gasteiger partial charge in [-0.25, -0.2) is 0 Å². The number of hydrogen-bond donors (Lipinski definition) is 1. The summed E-state index contributed by atoms with van der Waals surface area (Å²) >= 11 is 6.05. The zero-order valence-electron chi connectivity index (χ0n) is 9.76. The molecule has 0 aliphatic rings. The van der Waals surface area contributed by atoms with E-state index in [0.717, 1.165) is 11.3 Å². The zero-order valence-corrected chi connectivity index (χ0v) is 10.5. The second-order valence-electron chi connectivity index (χ2n) is 3.83. The van der Waals surface area contributed by atoms with Crippen molar-refractivity contribution in [3.63, 3.8) is 0 Å².